The van der Waals surface area contributed by atoms with E-state index in [0.29, 0.717) is 11.3 Å². The summed E-state index contributed by atoms with van der Waals surface area (Å²) >= 11 is 0. The Morgan fingerprint density at radius 3 is 2.78 bits per heavy atom. The van der Waals surface area contributed by atoms with Gasteiger partial charge in [0.05, 0.1) is 30.6 Å². The molecule has 2 atom stereocenters. The molecule has 23 heavy (non-hydrogen) atoms. The molecule has 2 unspecified atom stereocenters. The Kier molecular flexibility index (Phi) is 4.73. The van der Waals surface area contributed by atoms with Crippen LogP contribution in [-0.2, 0) is 6.54 Å². The Morgan fingerprint density at radius 2 is 1.96 bits per heavy atom. The third kappa shape index (κ3) is 3.78. The average molecular weight is 317 g/mol. The van der Waals surface area contributed by atoms with Crippen LogP contribution in [0.1, 0.15) is 12.2 Å². The summed E-state index contributed by atoms with van der Waals surface area (Å²) in [5.41, 5.74) is 0.625. The van der Waals surface area contributed by atoms with Crippen LogP contribution in [0, 0.1) is 10.1 Å². The van der Waals surface area contributed by atoms with Crippen LogP contribution in [0.25, 0.3) is 11.3 Å². The number of rotatable bonds is 4. The lowest BCUT2D eigenvalue weighted by Crippen LogP contribution is -3.15. The van der Waals surface area contributed by atoms with Crippen LogP contribution in [-0.4, -0.2) is 38.2 Å². The SMILES string of the molecule is C[NH+]1CCC[NH+](Cc2ccc(-c3ccccc3[N+](=O)[O-])o2)CC1. The van der Waals surface area contributed by atoms with Crippen LogP contribution < -0.4 is 9.80 Å². The van der Waals surface area contributed by atoms with Crippen LogP contribution >= 0.6 is 0 Å². The Hall–Kier alpha value is -2.18. The van der Waals surface area contributed by atoms with Crippen LogP contribution in [0.2, 0.25) is 0 Å². The van der Waals surface area contributed by atoms with E-state index in [4.69, 9.17) is 4.42 Å². The largest absolute Gasteiger partial charge is 0.455 e. The first-order valence-electron chi connectivity index (χ1n) is 8.11. The molecule has 2 aromatic rings. The summed E-state index contributed by atoms with van der Waals surface area (Å²) in [5.74, 6) is 1.47. The topological polar surface area (TPSA) is 65.2 Å². The summed E-state index contributed by atoms with van der Waals surface area (Å²) in [4.78, 5) is 13.9. The third-order valence-corrected chi connectivity index (χ3v) is 4.49. The zero-order valence-corrected chi connectivity index (χ0v) is 13.4. The highest BCUT2D eigenvalue weighted by Crippen LogP contribution is 2.30. The van der Waals surface area contributed by atoms with Crippen molar-refractivity contribution in [3.63, 3.8) is 0 Å². The van der Waals surface area contributed by atoms with Gasteiger partial charge in [0.1, 0.15) is 25.4 Å². The highest BCUT2D eigenvalue weighted by molar-refractivity contribution is 5.69. The fourth-order valence-electron chi connectivity index (χ4n) is 3.16. The van der Waals surface area contributed by atoms with E-state index < -0.39 is 0 Å². The molecule has 0 radical (unpaired) electrons. The quantitative estimate of drug-likeness (QED) is 0.624. The molecule has 0 bridgehead atoms. The maximum atomic E-state index is 11.1. The number of hydrogen-bond acceptors (Lipinski definition) is 3. The Morgan fingerprint density at radius 1 is 1.13 bits per heavy atom. The molecule has 2 N–H and O–H groups in total. The fraction of sp³-hybridized carbons (Fsp3) is 0.412. The molecule has 0 spiro atoms. The van der Waals surface area contributed by atoms with Crippen molar-refractivity contribution >= 4 is 5.69 Å². The summed E-state index contributed by atoms with van der Waals surface area (Å²) in [6.45, 7) is 5.52. The lowest BCUT2D eigenvalue weighted by Gasteiger charge is -2.14. The average Bonchev–Trinajstić information content (AvgIpc) is 2.91. The van der Waals surface area contributed by atoms with Crippen molar-refractivity contribution in [3.8, 4) is 11.3 Å². The van der Waals surface area contributed by atoms with E-state index in [1.54, 1.807) is 23.1 Å². The van der Waals surface area contributed by atoms with E-state index in [1.807, 2.05) is 12.1 Å². The first-order chi connectivity index (χ1) is 11.1. The van der Waals surface area contributed by atoms with Crippen molar-refractivity contribution in [2.75, 3.05) is 33.2 Å². The highest BCUT2D eigenvalue weighted by Gasteiger charge is 2.21. The van der Waals surface area contributed by atoms with Crippen molar-refractivity contribution in [1.82, 2.24) is 0 Å². The van der Waals surface area contributed by atoms with Crippen molar-refractivity contribution in [3.05, 3.63) is 52.3 Å². The number of nitrogens with zero attached hydrogens (tertiary/aromatic N) is 1. The monoisotopic (exact) mass is 317 g/mol. The number of nitro groups is 1. The van der Waals surface area contributed by atoms with Gasteiger partial charge in [-0.1, -0.05) is 12.1 Å². The third-order valence-electron chi connectivity index (χ3n) is 4.49. The molecule has 0 saturated carbocycles. The summed E-state index contributed by atoms with van der Waals surface area (Å²) in [7, 11) is 2.24. The summed E-state index contributed by atoms with van der Waals surface area (Å²) in [6.07, 6.45) is 1.22. The van der Waals surface area contributed by atoms with Gasteiger partial charge in [0, 0.05) is 12.5 Å². The van der Waals surface area contributed by atoms with E-state index in [0.717, 1.165) is 25.4 Å². The molecule has 3 rings (SSSR count). The van der Waals surface area contributed by atoms with Crippen LogP contribution in [0.3, 0.4) is 0 Å². The molecule has 6 nitrogen and oxygen atoms in total. The van der Waals surface area contributed by atoms with Crippen molar-refractivity contribution in [1.29, 1.82) is 0 Å². The van der Waals surface area contributed by atoms with Gasteiger partial charge in [-0.15, -0.1) is 0 Å². The number of para-hydroxylation sites is 1. The van der Waals surface area contributed by atoms with Gasteiger partial charge in [0.25, 0.3) is 5.69 Å². The molecule has 1 aromatic heterocycles. The van der Waals surface area contributed by atoms with Gasteiger partial charge >= 0.3 is 0 Å². The van der Waals surface area contributed by atoms with Crippen molar-refractivity contribution in [2.24, 2.45) is 0 Å². The molecule has 1 aromatic carbocycles. The van der Waals surface area contributed by atoms with Gasteiger partial charge in [0.2, 0.25) is 0 Å². The van der Waals surface area contributed by atoms with Crippen LogP contribution in [0.4, 0.5) is 5.69 Å². The summed E-state index contributed by atoms with van der Waals surface area (Å²) < 4.78 is 5.90. The second kappa shape index (κ2) is 6.93. The van der Waals surface area contributed by atoms with Crippen molar-refractivity contribution < 1.29 is 19.1 Å². The Balaban J connectivity index is 1.75. The summed E-state index contributed by atoms with van der Waals surface area (Å²) in [5, 5.41) is 11.1. The minimum absolute atomic E-state index is 0.0840. The van der Waals surface area contributed by atoms with Gasteiger partial charge < -0.3 is 14.2 Å². The minimum atomic E-state index is -0.365. The lowest BCUT2D eigenvalue weighted by molar-refractivity contribution is -0.939. The smallest absolute Gasteiger partial charge is 0.280 e. The Bertz CT molecular complexity index is 683. The molecule has 1 fully saturated rings. The molecule has 2 heterocycles. The van der Waals surface area contributed by atoms with E-state index in [1.165, 1.54) is 30.5 Å². The molecule has 1 saturated heterocycles. The zero-order valence-electron chi connectivity index (χ0n) is 13.4. The van der Waals surface area contributed by atoms with Crippen LogP contribution in [0.5, 0.6) is 0 Å². The minimum Gasteiger partial charge on any atom is -0.455 e. The number of benzene rings is 1. The summed E-state index contributed by atoms with van der Waals surface area (Å²) in [6, 6.07) is 10.5. The van der Waals surface area contributed by atoms with Gasteiger partial charge in [0.15, 0.2) is 5.76 Å². The fourth-order valence-corrected chi connectivity index (χ4v) is 3.16. The maximum absolute atomic E-state index is 11.1. The standard InChI is InChI=1S/C17H21N3O3/c1-18-9-4-10-19(12-11-18)13-14-7-8-17(23-14)15-5-2-3-6-16(15)20(21)22/h2-3,5-8H,4,9-13H2,1H3/p+2. The van der Waals surface area contributed by atoms with E-state index in [2.05, 4.69) is 7.05 Å². The first kappa shape index (κ1) is 15.7. The molecule has 0 amide bonds. The van der Waals surface area contributed by atoms with Crippen LogP contribution in [0.15, 0.2) is 40.8 Å². The second-order valence-electron chi connectivity index (χ2n) is 6.28. The van der Waals surface area contributed by atoms with Gasteiger partial charge in [-0.3, -0.25) is 10.1 Å². The molecule has 122 valence electrons. The molecule has 1 aliphatic rings. The lowest BCUT2D eigenvalue weighted by atomic mass is 10.1. The van der Waals surface area contributed by atoms with E-state index in [-0.39, 0.29) is 10.6 Å². The number of nitro benzene ring substituents is 1. The zero-order chi connectivity index (χ0) is 16.2. The number of furan rings is 1. The van der Waals surface area contributed by atoms with E-state index in [9.17, 15) is 10.1 Å². The Labute approximate surface area is 135 Å². The molecular formula is C17H23N3O3+2. The number of quaternary nitrogens is 2. The van der Waals surface area contributed by atoms with E-state index >= 15 is 0 Å². The van der Waals surface area contributed by atoms with Gasteiger partial charge in [-0.2, -0.15) is 0 Å². The molecule has 6 heteroatoms. The predicted molar refractivity (Wildman–Crippen MR) is 86.4 cm³/mol. The number of hydrogen-bond donors (Lipinski definition) is 2. The van der Waals surface area contributed by atoms with Gasteiger partial charge in [-0.05, 0) is 18.2 Å². The molecule has 1 aliphatic heterocycles. The van der Waals surface area contributed by atoms with Crippen molar-refractivity contribution in [2.45, 2.75) is 13.0 Å². The normalized spacial score (nSPS) is 21.8. The molecular weight excluding hydrogens is 294 g/mol. The number of likely N-dealkylation sites (N-methyl/N-ethyl adjacent to an activating group) is 1. The first-order valence-corrected chi connectivity index (χ1v) is 8.11. The molecule has 0 aliphatic carbocycles. The van der Waals surface area contributed by atoms with Gasteiger partial charge in [-0.25, -0.2) is 0 Å². The number of nitrogens with one attached hydrogen (secondary N) is 2. The second-order valence-corrected chi connectivity index (χ2v) is 6.28. The highest BCUT2D eigenvalue weighted by atomic mass is 16.6. The predicted octanol–water partition coefficient (Wildman–Crippen LogP) is 0.158. The maximum Gasteiger partial charge on any atom is 0.280 e.